The van der Waals surface area contributed by atoms with Crippen molar-refractivity contribution in [2.24, 2.45) is 0 Å². The molecule has 0 heterocycles. The number of esters is 3. The molecule has 0 aliphatic rings. The Hall–Kier alpha value is -3.93. The zero-order chi connectivity index (χ0) is 48.6. The molecule has 0 fully saturated rings. The van der Waals surface area contributed by atoms with Crippen LogP contribution in [0.4, 0.5) is 0 Å². The molecule has 0 radical (unpaired) electrons. The summed E-state index contributed by atoms with van der Waals surface area (Å²) < 4.78 is 16.7. The Morgan fingerprint density at radius 1 is 0.313 bits per heavy atom. The Morgan fingerprint density at radius 3 is 0.940 bits per heavy atom. The lowest BCUT2D eigenvalue weighted by Crippen LogP contribution is -2.30. The molecule has 380 valence electrons. The van der Waals surface area contributed by atoms with E-state index in [4.69, 9.17) is 14.2 Å². The van der Waals surface area contributed by atoms with E-state index in [2.05, 4.69) is 130 Å². The van der Waals surface area contributed by atoms with Gasteiger partial charge in [0.05, 0.1) is 0 Å². The molecule has 0 saturated heterocycles. The lowest BCUT2D eigenvalue weighted by atomic mass is 10.1. The van der Waals surface area contributed by atoms with Gasteiger partial charge in [-0.25, -0.2) is 0 Å². The van der Waals surface area contributed by atoms with Crippen molar-refractivity contribution in [2.75, 3.05) is 13.2 Å². The van der Waals surface area contributed by atoms with Crippen LogP contribution in [0.15, 0.2) is 109 Å². The van der Waals surface area contributed by atoms with Crippen LogP contribution in [0.5, 0.6) is 0 Å². The minimum Gasteiger partial charge on any atom is -0.462 e. The van der Waals surface area contributed by atoms with Crippen molar-refractivity contribution in [1.82, 2.24) is 0 Å². The van der Waals surface area contributed by atoms with E-state index in [1.807, 2.05) is 0 Å². The molecule has 0 aliphatic heterocycles. The van der Waals surface area contributed by atoms with Gasteiger partial charge in [-0.2, -0.15) is 0 Å². The number of hydrogen-bond acceptors (Lipinski definition) is 6. The highest BCUT2D eigenvalue weighted by atomic mass is 16.6. The average Bonchev–Trinajstić information content (AvgIpc) is 3.33. The van der Waals surface area contributed by atoms with Gasteiger partial charge in [0.2, 0.25) is 0 Å². The number of ether oxygens (including phenoxy) is 3. The second kappa shape index (κ2) is 54.7. The smallest absolute Gasteiger partial charge is 0.306 e. The third-order valence-electron chi connectivity index (χ3n) is 11.3. The summed E-state index contributed by atoms with van der Waals surface area (Å²) in [6, 6.07) is 0. The third-order valence-corrected chi connectivity index (χ3v) is 11.3. The molecule has 0 amide bonds. The van der Waals surface area contributed by atoms with Crippen molar-refractivity contribution in [1.29, 1.82) is 0 Å². The predicted molar refractivity (Wildman–Crippen MR) is 288 cm³/mol. The molecule has 6 heteroatoms. The monoisotopic (exact) mass is 929 g/mol. The Balaban J connectivity index is 4.15. The van der Waals surface area contributed by atoms with Gasteiger partial charge in [0.15, 0.2) is 6.10 Å². The second-order valence-corrected chi connectivity index (χ2v) is 17.8. The molecule has 0 aliphatic carbocycles. The van der Waals surface area contributed by atoms with Gasteiger partial charge in [-0.05, 0) is 109 Å². The van der Waals surface area contributed by atoms with Crippen LogP contribution in [0, 0.1) is 0 Å². The summed E-state index contributed by atoms with van der Waals surface area (Å²) in [6.45, 7) is 6.38. The molecule has 0 saturated carbocycles. The number of carbonyl (C=O) groups is 3. The molecule has 0 aromatic heterocycles. The predicted octanol–water partition coefficient (Wildman–Crippen LogP) is 18.3. The zero-order valence-electron chi connectivity index (χ0n) is 43.4. The second-order valence-electron chi connectivity index (χ2n) is 17.8. The Bertz CT molecular complexity index is 1390. The average molecular weight is 929 g/mol. The normalized spacial score (nSPS) is 12.9. The van der Waals surface area contributed by atoms with Crippen LogP contribution in [0.2, 0.25) is 0 Å². The molecule has 67 heavy (non-hydrogen) atoms. The molecule has 1 unspecified atom stereocenters. The number of rotatable bonds is 48. The van der Waals surface area contributed by atoms with Crippen molar-refractivity contribution in [2.45, 2.75) is 245 Å². The van der Waals surface area contributed by atoms with Crippen LogP contribution in [-0.4, -0.2) is 37.2 Å². The van der Waals surface area contributed by atoms with Crippen LogP contribution in [0.1, 0.15) is 239 Å². The summed E-state index contributed by atoms with van der Waals surface area (Å²) in [6.07, 6.45) is 74.0. The van der Waals surface area contributed by atoms with Gasteiger partial charge in [0.1, 0.15) is 13.2 Å². The fourth-order valence-corrected chi connectivity index (χ4v) is 7.16. The summed E-state index contributed by atoms with van der Waals surface area (Å²) in [5.41, 5.74) is 0. The van der Waals surface area contributed by atoms with Crippen LogP contribution >= 0.6 is 0 Å². The molecule has 0 spiro atoms. The van der Waals surface area contributed by atoms with Crippen LogP contribution in [0.3, 0.4) is 0 Å². The maximum absolute atomic E-state index is 12.7. The summed E-state index contributed by atoms with van der Waals surface area (Å²) in [4.78, 5) is 37.7. The highest BCUT2D eigenvalue weighted by Crippen LogP contribution is 2.13. The van der Waals surface area contributed by atoms with Crippen LogP contribution in [0.25, 0.3) is 0 Å². The molecule has 0 N–H and O–H groups in total. The number of carbonyl (C=O) groups excluding carboxylic acids is 3. The van der Waals surface area contributed by atoms with Crippen molar-refractivity contribution in [3.63, 3.8) is 0 Å². The van der Waals surface area contributed by atoms with Gasteiger partial charge in [0.25, 0.3) is 0 Å². The first kappa shape index (κ1) is 63.1. The topological polar surface area (TPSA) is 78.9 Å². The van der Waals surface area contributed by atoms with Crippen molar-refractivity contribution in [3.8, 4) is 0 Å². The summed E-state index contributed by atoms with van der Waals surface area (Å²) in [7, 11) is 0. The molecule has 0 aromatic rings. The molecule has 6 nitrogen and oxygen atoms in total. The first-order valence-corrected chi connectivity index (χ1v) is 27.4. The largest absolute Gasteiger partial charge is 0.462 e. The Labute approximate surface area is 412 Å². The van der Waals surface area contributed by atoms with Gasteiger partial charge in [0, 0.05) is 19.3 Å². The van der Waals surface area contributed by atoms with E-state index in [1.54, 1.807) is 0 Å². The number of unbranched alkanes of at least 4 members (excludes halogenated alkanes) is 19. The van der Waals surface area contributed by atoms with Gasteiger partial charge in [-0.1, -0.05) is 220 Å². The summed E-state index contributed by atoms with van der Waals surface area (Å²) >= 11 is 0. The standard InChI is InChI=1S/C61H100O6/c1-4-7-10-13-15-17-19-21-23-24-25-26-27-28-29-30-31-32-33-34-35-36-38-39-41-43-45-48-51-54-60(63)66-57-58(56-65-59(62)53-50-47-12-9-6-3)67-61(64)55-52-49-46-44-42-40-37-22-20-18-16-14-11-8-5-2/h7,10,15-18,21-23,25-26,28-29,31-32,34-35,37,58H,4-6,8-9,11-14,19-20,24,27,30,33,36,38-57H2,1-3H3/b10-7-,17-15-,18-16-,23-21-,26-25-,29-28-,32-31-,35-34-,37-22-. The molecular formula is C61H100O6. The third kappa shape index (κ3) is 52.9. The van der Waals surface area contributed by atoms with Gasteiger partial charge in [-0.3, -0.25) is 14.4 Å². The van der Waals surface area contributed by atoms with E-state index in [-0.39, 0.29) is 31.1 Å². The molecule has 0 bridgehead atoms. The van der Waals surface area contributed by atoms with E-state index < -0.39 is 6.10 Å². The number of allylic oxidation sites excluding steroid dienone is 18. The zero-order valence-corrected chi connectivity index (χ0v) is 43.4. The first-order valence-electron chi connectivity index (χ1n) is 27.4. The maximum Gasteiger partial charge on any atom is 0.306 e. The summed E-state index contributed by atoms with van der Waals surface area (Å²) in [5.74, 6) is -0.932. The van der Waals surface area contributed by atoms with E-state index in [0.29, 0.717) is 19.3 Å². The van der Waals surface area contributed by atoms with Crippen LogP contribution < -0.4 is 0 Å². The highest BCUT2D eigenvalue weighted by molar-refractivity contribution is 5.71. The molecule has 0 rings (SSSR count). The minimum absolute atomic E-state index is 0.0890. The minimum atomic E-state index is -0.787. The van der Waals surface area contributed by atoms with Gasteiger partial charge >= 0.3 is 17.9 Å². The lowest BCUT2D eigenvalue weighted by molar-refractivity contribution is -0.167. The quantitative estimate of drug-likeness (QED) is 0.0262. The SMILES string of the molecule is CC/C=C\C/C=C\C/C=C\C/C=C\C/C=C\C/C=C\C/C=C\CCCCCCCCCC(=O)OCC(COC(=O)CCCCCCC)OC(=O)CCCCCCC/C=C\C/C=C\CCCCC. The van der Waals surface area contributed by atoms with Crippen LogP contribution in [-0.2, 0) is 28.6 Å². The van der Waals surface area contributed by atoms with E-state index >= 15 is 0 Å². The number of hydrogen-bond donors (Lipinski definition) is 0. The fourth-order valence-electron chi connectivity index (χ4n) is 7.16. The van der Waals surface area contributed by atoms with Gasteiger partial charge in [-0.15, -0.1) is 0 Å². The Kier molecular flexibility index (Phi) is 51.5. The van der Waals surface area contributed by atoms with E-state index in [9.17, 15) is 14.4 Å². The molecule has 1 atom stereocenters. The fraction of sp³-hybridized carbons (Fsp3) is 0.656. The lowest BCUT2D eigenvalue weighted by Gasteiger charge is -2.18. The Morgan fingerprint density at radius 2 is 0.582 bits per heavy atom. The van der Waals surface area contributed by atoms with Crippen molar-refractivity contribution >= 4 is 17.9 Å². The van der Waals surface area contributed by atoms with Crippen molar-refractivity contribution in [3.05, 3.63) is 109 Å². The molecule has 0 aromatic carbocycles. The summed E-state index contributed by atoms with van der Waals surface area (Å²) in [5, 5.41) is 0. The molecular weight excluding hydrogens is 829 g/mol. The highest BCUT2D eigenvalue weighted by Gasteiger charge is 2.19. The van der Waals surface area contributed by atoms with E-state index in [1.165, 1.54) is 57.8 Å². The van der Waals surface area contributed by atoms with E-state index in [0.717, 1.165) is 141 Å². The van der Waals surface area contributed by atoms with Crippen molar-refractivity contribution < 1.29 is 28.6 Å². The van der Waals surface area contributed by atoms with Gasteiger partial charge < -0.3 is 14.2 Å². The maximum atomic E-state index is 12.7. The first-order chi connectivity index (χ1) is 33.0.